The highest BCUT2D eigenvalue weighted by Crippen LogP contribution is 2.46. The average molecular weight is 553 g/mol. The SMILES string of the molecule is C=C(C(=O)OCCCC)n1c(-c2ccccc2CBr)c(C2CCCCC2)c2ccc(C(=O)OC)cc21. The molecule has 1 saturated carbocycles. The molecule has 5 nitrogen and oxygen atoms in total. The number of rotatable bonds is 9. The Morgan fingerprint density at radius 3 is 2.56 bits per heavy atom. The van der Waals surface area contributed by atoms with E-state index in [1.807, 2.05) is 34.9 Å². The molecule has 1 heterocycles. The number of fused-ring (bicyclic) bond motifs is 1. The minimum absolute atomic E-state index is 0.250. The Balaban J connectivity index is 2.03. The van der Waals surface area contributed by atoms with Crippen molar-refractivity contribution in [1.29, 1.82) is 0 Å². The monoisotopic (exact) mass is 551 g/mol. The van der Waals surface area contributed by atoms with Crippen molar-refractivity contribution < 1.29 is 19.1 Å². The third kappa shape index (κ3) is 5.15. The minimum Gasteiger partial charge on any atom is -0.465 e. The lowest BCUT2D eigenvalue weighted by molar-refractivity contribution is -0.137. The van der Waals surface area contributed by atoms with E-state index in [4.69, 9.17) is 9.47 Å². The number of unbranched alkanes of at least 4 members (excludes halogenated alkanes) is 1. The molecule has 4 rings (SSSR count). The second kappa shape index (κ2) is 11.9. The van der Waals surface area contributed by atoms with Crippen LogP contribution in [-0.4, -0.2) is 30.2 Å². The highest BCUT2D eigenvalue weighted by atomic mass is 79.9. The molecule has 0 unspecified atom stereocenters. The summed E-state index contributed by atoms with van der Waals surface area (Å²) in [5.41, 5.74) is 5.82. The molecular formula is C30H34BrNO4. The zero-order chi connectivity index (χ0) is 25.7. The maximum Gasteiger partial charge on any atom is 0.354 e. The molecule has 1 fully saturated rings. The summed E-state index contributed by atoms with van der Waals surface area (Å²) >= 11 is 3.66. The Kier molecular flexibility index (Phi) is 8.68. The Hall–Kier alpha value is -2.86. The zero-order valence-corrected chi connectivity index (χ0v) is 22.7. The van der Waals surface area contributed by atoms with Gasteiger partial charge in [0.25, 0.3) is 0 Å². The van der Waals surface area contributed by atoms with Crippen LogP contribution >= 0.6 is 15.9 Å². The van der Waals surface area contributed by atoms with Crippen LogP contribution in [0.2, 0.25) is 0 Å². The summed E-state index contributed by atoms with van der Waals surface area (Å²) in [7, 11) is 1.38. The summed E-state index contributed by atoms with van der Waals surface area (Å²) in [5, 5.41) is 1.71. The number of aromatic nitrogens is 1. The van der Waals surface area contributed by atoms with Crippen molar-refractivity contribution in [3.8, 4) is 11.3 Å². The van der Waals surface area contributed by atoms with Gasteiger partial charge in [-0.15, -0.1) is 0 Å². The fourth-order valence-electron chi connectivity index (χ4n) is 5.26. The van der Waals surface area contributed by atoms with Crippen molar-refractivity contribution >= 4 is 44.5 Å². The van der Waals surface area contributed by atoms with Gasteiger partial charge in [0.1, 0.15) is 5.70 Å². The van der Waals surface area contributed by atoms with Gasteiger partial charge in [0.05, 0.1) is 30.5 Å². The van der Waals surface area contributed by atoms with Crippen LogP contribution in [0, 0.1) is 0 Å². The van der Waals surface area contributed by atoms with E-state index in [2.05, 4.69) is 41.6 Å². The molecule has 36 heavy (non-hydrogen) atoms. The van der Waals surface area contributed by atoms with Crippen LogP contribution in [-0.2, 0) is 19.6 Å². The number of nitrogens with zero attached hydrogens (tertiary/aromatic N) is 1. The lowest BCUT2D eigenvalue weighted by Gasteiger charge is -2.24. The van der Waals surface area contributed by atoms with Crippen molar-refractivity contribution in [2.75, 3.05) is 13.7 Å². The lowest BCUT2D eigenvalue weighted by Crippen LogP contribution is -2.14. The normalized spacial score (nSPS) is 14.1. The topological polar surface area (TPSA) is 57.5 Å². The first-order valence-electron chi connectivity index (χ1n) is 12.8. The van der Waals surface area contributed by atoms with Crippen molar-refractivity contribution in [1.82, 2.24) is 4.57 Å². The first kappa shape index (κ1) is 26.2. The Bertz CT molecular complexity index is 1270. The Morgan fingerprint density at radius 1 is 1.11 bits per heavy atom. The molecule has 0 spiro atoms. The number of hydrogen-bond acceptors (Lipinski definition) is 4. The van der Waals surface area contributed by atoms with E-state index in [0.717, 1.165) is 53.4 Å². The highest BCUT2D eigenvalue weighted by molar-refractivity contribution is 9.08. The van der Waals surface area contributed by atoms with E-state index in [9.17, 15) is 9.59 Å². The van der Waals surface area contributed by atoms with E-state index in [0.29, 0.717) is 23.4 Å². The molecular weight excluding hydrogens is 518 g/mol. The fraction of sp³-hybridized carbons (Fsp3) is 0.400. The molecule has 1 aromatic heterocycles. The predicted octanol–water partition coefficient (Wildman–Crippen LogP) is 7.85. The van der Waals surface area contributed by atoms with Crippen LogP contribution < -0.4 is 0 Å². The van der Waals surface area contributed by atoms with Gasteiger partial charge in [0, 0.05) is 16.3 Å². The number of benzene rings is 2. The van der Waals surface area contributed by atoms with Crippen molar-refractivity contribution in [2.24, 2.45) is 0 Å². The number of methoxy groups -OCH3 is 1. The number of hydrogen-bond donors (Lipinski definition) is 0. The molecule has 0 N–H and O–H groups in total. The number of carbonyl (C=O) groups excluding carboxylic acids is 2. The third-order valence-corrected chi connectivity index (χ3v) is 7.70. The number of ether oxygens (including phenoxy) is 2. The number of carbonyl (C=O) groups is 2. The van der Waals surface area contributed by atoms with Crippen LogP contribution in [0.1, 0.15) is 79.3 Å². The maximum absolute atomic E-state index is 13.2. The standard InChI is InChI=1S/C30H34BrNO4/c1-4-5-17-36-29(33)20(2)32-26-18-22(30(34)35-3)15-16-25(26)27(21-11-7-6-8-12-21)28(32)24-14-10-9-13-23(24)19-31/h9-10,13-16,18,21H,2,4-8,11-12,17,19H2,1,3H3. The Morgan fingerprint density at radius 2 is 1.86 bits per heavy atom. The second-order valence-electron chi connectivity index (χ2n) is 9.38. The number of alkyl halides is 1. The summed E-state index contributed by atoms with van der Waals surface area (Å²) in [6.07, 6.45) is 7.51. The van der Waals surface area contributed by atoms with Crippen molar-refractivity contribution in [3.63, 3.8) is 0 Å². The molecule has 0 amide bonds. The van der Waals surface area contributed by atoms with Crippen molar-refractivity contribution in [2.45, 2.75) is 63.1 Å². The third-order valence-electron chi connectivity index (χ3n) is 7.10. The fourth-order valence-corrected chi connectivity index (χ4v) is 5.75. The maximum atomic E-state index is 13.2. The van der Waals surface area contributed by atoms with Gasteiger partial charge in [0.15, 0.2) is 0 Å². The molecule has 2 aromatic carbocycles. The van der Waals surface area contributed by atoms with Gasteiger partial charge in [-0.05, 0) is 48.4 Å². The molecule has 6 heteroatoms. The van der Waals surface area contributed by atoms with Gasteiger partial charge in [-0.25, -0.2) is 9.59 Å². The van der Waals surface area contributed by atoms with E-state index in [-0.39, 0.29) is 5.70 Å². The summed E-state index contributed by atoms with van der Waals surface area (Å²) in [6.45, 7) is 6.62. The smallest absolute Gasteiger partial charge is 0.354 e. The summed E-state index contributed by atoms with van der Waals surface area (Å²) in [4.78, 5) is 25.7. The quantitative estimate of drug-likeness (QED) is 0.117. The molecule has 1 aliphatic rings. The molecule has 0 bridgehead atoms. The van der Waals surface area contributed by atoms with E-state index < -0.39 is 11.9 Å². The molecule has 3 aromatic rings. The first-order valence-corrected chi connectivity index (χ1v) is 13.9. The van der Waals surface area contributed by atoms with E-state index in [1.165, 1.54) is 31.9 Å². The van der Waals surface area contributed by atoms with Crippen LogP contribution in [0.25, 0.3) is 27.9 Å². The molecule has 0 saturated heterocycles. The predicted molar refractivity (Wildman–Crippen MR) is 148 cm³/mol. The number of esters is 2. The summed E-state index contributed by atoms with van der Waals surface area (Å²) in [5.74, 6) is -0.507. The van der Waals surface area contributed by atoms with Gasteiger partial charge in [-0.1, -0.05) is 85.4 Å². The van der Waals surface area contributed by atoms with E-state index >= 15 is 0 Å². The van der Waals surface area contributed by atoms with Gasteiger partial charge in [-0.2, -0.15) is 0 Å². The highest BCUT2D eigenvalue weighted by Gasteiger charge is 2.30. The van der Waals surface area contributed by atoms with Gasteiger partial charge < -0.3 is 14.0 Å². The minimum atomic E-state index is -0.448. The van der Waals surface area contributed by atoms with Crippen LogP contribution in [0.4, 0.5) is 0 Å². The Labute approximate surface area is 221 Å². The van der Waals surface area contributed by atoms with Crippen LogP contribution in [0.15, 0.2) is 49.0 Å². The lowest BCUT2D eigenvalue weighted by atomic mass is 9.81. The van der Waals surface area contributed by atoms with Crippen LogP contribution in [0.5, 0.6) is 0 Å². The molecule has 190 valence electrons. The van der Waals surface area contributed by atoms with Crippen molar-refractivity contribution in [3.05, 3.63) is 65.7 Å². The molecule has 0 aliphatic heterocycles. The zero-order valence-electron chi connectivity index (χ0n) is 21.1. The molecule has 0 atom stereocenters. The number of halogens is 1. The molecule has 0 radical (unpaired) electrons. The van der Waals surface area contributed by atoms with E-state index in [1.54, 1.807) is 0 Å². The largest absolute Gasteiger partial charge is 0.465 e. The van der Waals surface area contributed by atoms with Gasteiger partial charge >= 0.3 is 11.9 Å². The average Bonchev–Trinajstić information content (AvgIpc) is 3.26. The van der Waals surface area contributed by atoms with Gasteiger partial charge in [-0.3, -0.25) is 0 Å². The summed E-state index contributed by atoms with van der Waals surface area (Å²) in [6, 6.07) is 13.9. The molecule has 1 aliphatic carbocycles. The van der Waals surface area contributed by atoms with Gasteiger partial charge in [0.2, 0.25) is 0 Å². The summed E-state index contributed by atoms with van der Waals surface area (Å²) < 4.78 is 12.5. The van der Waals surface area contributed by atoms with Crippen LogP contribution in [0.3, 0.4) is 0 Å². The second-order valence-corrected chi connectivity index (χ2v) is 9.94. The first-order chi connectivity index (χ1) is 17.5.